The third-order valence-electron chi connectivity index (χ3n) is 1.22. The van der Waals surface area contributed by atoms with E-state index in [2.05, 4.69) is 0 Å². The van der Waals surface area contributed by atoms with E-state index in [-0.39, 0.29) is 6.61 Å². The second-order valence-corrected chi connectivity index (χ2v) is 3.51. The number of carboxylic acids is 1. The topological polar surface area (TPSA) is 92.8 Å². The minimum atomic E-state index is -0.983. The van der Waals surface area contributed by atoms with E-state index >= 15 is 0 Å². The van der Waals surface area contributed by atoms with Crippen LogP contribution in [0.4, 0.5) is 0 Å². The summed E-state index contributed by atoms with van der Waals surface area (Å²) < 4.78 is 4.97. The average molecular weight is 209 g/mol. The number of aliphatic hydroxyl groups excluding tert-OH is 1. The molecule has 0 saturated carbocycles. The Bertz CT molecular complexity index is 144. The fourth-order valence-corrected chi connectivity index (χ4v) is 1.36. The Morgan fingerprint density at radius 3 is 2.77 bits per heavy atom. The number of carboxylic acid groups (broad SMARTS) is 1. The van der Waals surface area contributed by atoms with Crippen LogP contribution >= 0.6 is 11.8 Å². The smallest absolute Gasteiger partial charge is 0.321 e. The number of rotatable bonds is 8. The molecule has 6 heteroatoms. The predicted molar refractivity (Wildman–Crippen MR) is 50.8 cm³/mol. The van der Waals surface area contributed by atoms with Crippen molar-refractivity contribution in [1.82, 2.24) is 0 Å². The number of nitrogens with two attached hydrogens (primary N) is 1. The van der Waals surface area contributed by atoms with Crippen molar-refractivity contribution in [2.24, 2.45) is 5.73 Å². The van der Waals surface area contributed by atoms with E-state index in [4.69, 9.17) is 20.7 Å². The molecule has 4 N–H and O–H groups in total. The highest BCUT2D eigenvalue weighted by molar-refractivity contribution is 7.99. The Morgan fingerprint density at radius 2 is 2.23 bits per heavy atom. The summed E-state index contributed by atoms with van der Waals surface area (Å²) in [6, 6.07) is -0.803. The van der Waals surface area contributed by atoms with Gasteiger partial charge in [0.15, 0.2) is 0 Å². The predicted octanol–water partition coefficient (Wildman–Crippen LogP) is -0.860. The van der Waals surface area contributed by atoms with Gasteiger partial charge >= 0.3 is 5.97 Å². The first-order chi connectivity index (χ1) is 6.18. The molecule has 0 aromatic rings. The lowest BCUT2D eigenvalue weighted by molar-refractivity contribution is -0.137. The highest BCUT2D eigenvalue weighted by atomic mass is 32.2. The van der Waals surface area contributed by atoms with Gasteiger partial charge in [-0.3, -0.25) is 4.79 Å². The molecule has 0 heterocycles. The monoisotopic (exact) mass is 209 g/mol. The lowest BCUT2D eigenvalue weighted by atomic mass is 10.4. The van der Waals surface area contributed by atoms with E-state index in [1.807, 2.05) is 0 Å². The lowest BCUT2D eigenvalue weighted by Crippen LogP contribution is -2.32. The van der Waals surface area contributed by atoms with Crippen LogP contribution < -0.4 is 5.73 Å². The molecule has 0 fully saturated rings. The van der Waals surface area contributed by atoms with Crippen LogP contribution in [0.1, 0.15) is 0 Å². The summed E-state index contributed by atoms with van der Waals surface area (Å²) in [6.07, 6.45) is 0. The second-order valence-electron chi connectivity index (χ2n) is 2.36. The van der Waals surface area contributed by atoms with Crippen molar-refractivity contribution >= 4 is 17.7 Å². The van der Waals surface area contributed by atoms with E-state index in [9.17, 15) is 4.79 Å². The van der Waals surface area contributed by atoms with Crippen molar-refractivity contribution in [2.45, 2.75) is 6.04 Å². The highest BCUT2D eigenvalue weighted by Gasteiger charge is 2.10. The zero-order valence-electron chi connectivity index (χ0n) is 7.31. The summed E-state index contributed by atoms with van der Waals surface area (Å²) in [4.78, 5) is 10.3. The van der Waals surface area contributed by atoms with Crippen molar-refractivity contribution < 1.29 is 19.7 Å². The van der Waals surface area contributed by atoms with Crippen LogP contribution in [-0.2, 0) is 9.53 Å². The summed E-state index contributed by atoms with van der Waals surface area (Å²) in [5.41, 5.74) is 5.26. The standard InChI is InChI=1S/C7H15NO4S/c8-6(7(10)11)5-13-4-3-12-2-1-9/h6,9H,1-5,8H2,(H,10,11)/t6-/m0/s1. The van der Waals surface area contributed by atoms with E-state index < -0.39 is 12.0 Å². The first-order valence-corrected chi connectivity index (χ1v) is 5.08. The molecule has 0 amide bonds. The van der Waals surface area contributed by atoms with Gasteiger partial charge < -0.3 is 20.7 Å². The zero-order chi connectivity index (χ0) is 10.1. The summed E-state index contributed by atoms with van der Waals surface area (Å²) in [6.45, 7) is 0.850. The third-order valence-corrected chi connectivity index (χ3v) is 2.27. The van der Waals surface area contributed by atoms with Crippen LogP contribution in [0.15, 0.2) is 0 Å². The van der Waals surface area contributed by atoms with Crippen LogP contribution in [-0.4, -0.2) is 53.6 Å². The third kappa shape index (κ3) is 8.04. The van der Waals surface area contributed by atoms with Crippen molar-refractivity contribution in [1.29, 1.82) is 0 Å². The normalized spacial score (nSPS) is 12.8. The molecule has 78 valence electrons. The number of aliphatic carboxylic acids is 1. The summed E-state index contributed by atoms with van der Waals surface area (Å²) in [5.74, 6) is 0.0995. The molecule has 0 aromatic carbocycles. The van der Waals surface area contributed by atoms with Gasteiger partial charge in [0.05, 0.1) is 19.8 Å². The maximum Gasteiger partial charge on any atom is 0.321 e. The molecule has 0 rings (SSSR count). The first-order valence-electron chi connectivity index (χ1n) is 3.93. The minimum absolute atomic E-state index is 0.0132. The molecule has 0 unspecified atom stereocenters. The fourth-order valence-electron chi connectivity index (χ4n) is 0.566. The Morgan fingerprint density at radius 1 is 1.54 bits per heavy atom. The van der Waals surface area contributed by atoms with Crippen molar-refractivity contribution in [3.8, 4) is 0 Å². The highest BCUT2D eigenvalue weighted by Crippen LogP contribution is 2.01. The van der Waals surface area contributed by atoms with Gasteiger partial charge in [-0.05, 0) is 0 Å². The van der Waals surface area contributed by atoms with Gasteiger partial charge in [0.25, 0.3) is 0 Å². The summed E-state index contributed by atoms with van der Waals surface area (Å²) in [5, 5.41) is 16.8. The van der Waals surface area contributed by atoms with Crippen LogP contribution in [0.5, 0.6) is 0 Å². The van der Waals surface area contributed by atoms with Crippen molar-refractivity contribution in [2.75, 3.05) is 31.3 Å². The minimum Gasteiger partial charge on any atom is -0.480 e. The van der Waals surface area contributed by atoms with Gasteiger partial charge in [0, 0.05) is 11.5 Å². The molecule has 0 bridgehead atoms. The Hall–Kier alpha value is -0.300. The molecule has 0 aliphatic heterocycles. The van der Waals surface area contributed by atoms with Crippen LogP contribution in [0.3, 0.4) is 0 Å². The SMILES string of the molecule is N[C@@H](CSCCOCCO)C(=O)O. The quantitative estimate of drug-likeness (QED) is 0.450. The van der Waals surface area contributed by atoms with Gasteiger partial charge in [0.1, 0.15) is 6.04 Å². The maximum absolute atomic E-state index is 10.3. The number of ether oxygens (including phenoxy) is 1. The van der Waals surface area contributed by atoms with Gasteiger partial charge in [-0.25, -0.2) is 0 Å². The molecule has 13 heavy (non-hydrogen) atoms. The lowest BCUT2D eigenvalue weighted by Gasteiger charge is -2.05. The summed E-state index contributed by atoms with van der Waals surface area (Å²) in [7, 11) is 0. The van der Waals surface area contributed by atoms with E-state index in [0.717, 1.165) is 0 Å². The maximum atomic E-state index is 10.3. The number of hydrogen-bond acceptors (Lipinski definition) is 5. The van der Waals surface area contributed by atoms with E-state index in [1.165, 1.54) is 11.8 Å². The van der Waals surface area contributed by atoms with Crippen molar-refractivity contribution in [3.63, 3.8) is 0 Å². The van der Waals surface area contributed by atoms with Gasteiger partial charge in [-0.1, -0.05) is 0 Å². The molecule has 0 aliphatic rings. The first kappa shape index (κ1) is 12.7. The van der Waals surface area contributed by atoms with E-state index in [1.54, 1.807) is 0 Å². The van der Waals surface area contributed by atoms with Crippen LogP contribution in [0.25, 0.3) is 0 Å². The molecular weight excluding hydrogens is 194 g/mol. The Labute approximate surface area is 81.3 Å². The van der Waals surface area contributed by atoms with Gasteiger partial charge in [-0.15, -0.1) is 0 Å². The number of hydrogen-bond donors (Lipinski definition) is 3. The fraction of sp³-hybridized carbons (Fsp3) is 0.857. The van der Waals surface area contributed by atoms with Gasteiger partial charge in [-0.2, -0.15) is 11.8 Å². The van der Waals surface area contributed by atoms with Gasteiger partial charge in [0.2, 0.25) is 0 Å². The molecule has 0 spiro atoms. The Balaban J connectivity index is 3.11. The number of thioether (sulfide) groups is 1. The molecule has 0 aromatic heterocycles. The van der Waals surface area contributed by atoms with Crippen LogP contribution in [0, 0.1) is 0 Å². The Kier molecular flexibility index (Phi) is 8.11. The number of aliphatic hydroxyl groups is 1. The van der Waals surface area contributed by atoms with Crippen molar-refractivity contribution in [3.05, 3.63) is 0 Å². The molecule has 0 radical (unpaired) electrons. The zero-order valence-corrected chi connectivity index (χ0v) is 8.13. The molecule has 1 atom stereocenters. The second kappa shape index (κ2) is 8.31. The van der Waals surface area contributed by atoms with E-state index in [0.29, 0.717) is 24.7 Å². The molecule has 5 nitrogen and oxygen atoms in total. The summed E-state index contributed by atoms with van der Waals surface area (Å²) >= 11 is 1.43. The molecular formula is C7H15NO4S. The molecule has 0 aliphatic carbocycles. The van der Waals surface area contributed by atoms with Crippen LogP contribution in [0.2, 0.25) is 0 Å². The number of carbonyl (C=O) groups is 1. The largest absolute Gasteiger partial charge is 0.480 e. The average Bonchev–Trinajstić information content (AvgIpc) is 2.10. The molecule has 0 saturated heterocycles.